The highest BCUT2D eigenvalue weighted by molar-refractivity contribution is 9.10. The van der Waals surface area contributed by atoms with Crippen molar-refractivity contribution in [1.82, 2.24) is 9.61 Å². The maximum absolute atomic E-state index is 13.3. The first-order chi connectivity index (χ1) is 13.8. The normalized spacial score (nSPS) is 11.7. The first kappa shape index (κ1) is 19.3. The summed E-state index contributed by atoms with van der Waals surface area (Å²) in [4.78, 5) is 12.4. The van der Waals surface area contributed by atoms with E-state index in [1.165, 1.54) is 13.2 Å². The molecule has 1 N–H and O–H groups in total. The minimum Gasteiger partial charge on any atom is -0.465 e. The Morgan fingerprint density at radius 2 is 1.97 bits per heavy atom. The van der Waals surface area contributed by atoms with Gasteiger partial charge in [-0.2, -0.15) is 5.10 Å². The summed E-state index contributed by atoms with van der Waals surface area (Å²) in [5.74, 6) is -1.28. The van der Waals surface area contributed by atoms with Crippen LogP contribution in [0.3, 0.4) is 0 Å². The average Bonchev–Trinajstić information content (AvgIpc) is 3.15. The third-order valence-corrected chi connectivity index (χ3v) is 6.73. The highest BCUT2D eigenvalue weighted by atomic mass is 79.9. The lowest BCUT2D eigenvalue weighted by molar-refractivity contribution is 0.0604. The van der Waals surface area contributed by atoms with Crippen LogP contribution in [0.5, 0.6) is 0 Å². The standard InChI is InChI=1S/C19H13BrFN3O4S/c1-28-19(25)18-13-7-9-24-16(6-8-22-24)12(13)3-4-15(18)23-29(26,27)17-5-2-11(21)10-14(17)20/h2-10,23H,1H3. The maximum Gasteiger partial charge on any atom is 0.340 e. The third kappa shape index (κ3) is 3.34. The number of halogens is 2. The summed E-state index contributed by atoms with van der Waals surface area (Å²) in [7, 11) is -2.90. The zero-order valence-corrected chi connectivity index (χ0v) is 17.3. The molecule has 2 heterocycles. The van der Waals surface area contributed by atoms with Crippen LogP contribution in [0.1, 0.15) is 10.4 Å². The van der Waals surface area contributed by atoms with Gasteiger partial charge < -0.3 is 4.74 Å². The largest absolute Gasteiger partial charge is 0.465 e. The van der Waals surface area contributed by atoms with Crippen LogP contribution in [0.2, 0.25) is 0 Å². The summed E-state index contributed by atoms with van der Waals surface area (Å²) in [6, 6.07) is 9.84. The number of carbonyl (C=O) groups is 1. The number of anilines is 1. The molecule has 2 aromatic carbocycles. The molecule has 10 heteroatoms. The Morgan fingerprint density at radius 3 is 2.69 bits per heavy atom. The summed E-state index contributed by atoms with van der Waals surface area (Å²) in [6.07, 6.45) is 3.29. The molecule has 0 saturated carbocycles. The second-order valence-corrected chi connectivity index (χ2v) is 8.60. The van der Waals surface area contributed by atoms with Crippen LogP contribution in [0.15, 0.2) is 64.2 Å². The second-order valence-electron chi connectivity index (χ2n) is 6.10. The summed E-state index contributed by atoms with van der Waals surface area (Å²) in [6.45, 7) is 0. The Labute approximate surface area is 173 Å². The number of carbonyl (C=O) groups excluding carboxylic acids is 1. The van der Waals surface area contributed by atoms with Gasteiger partial charge in [-0.25, -0.2) is 22.1 Å². The van der Waals surface area contributed by atoms with Crippen LogP contribution in [0.25, 0.3) is 16.3 Å². The van der Waals surface area contributed by atoms with E-state index in [-0.39, 0.29) is 20.6 Å². The molecule has 29 heavy (non-hydrogen) atoms. The quantitative estimate of drug-likeness (QED) is 0.449. The molecular weight excluding hydrogens is 465 g/mol. The molecule has 7 nitrogen and oxygen atoms in total. The van der Waals surface area contributed by atoms with Crippen LogP contribution in [0, 0.1) is 5.82 Å². The van der Waals surface area contributed by atoms with Crippen molar-refractivity contribution in [1.29, 1.82) is 0 Å². The molecule has 0 unspecified atom stereocenters. The van der Waals surface area contributed by atoms with Gasteiger partial charge in [0, 0.05) is 27.6 Å². The van der Waals surface area contributed by atoms with Crippen LogP contribution >= 0.6 is 15.9 Å². The van der Waals surface area contributed by atoms with E-state index in [1.54, 1.807) is 35.1 Å². The fraction of sp³-hybridized carbons (Fsp3) is 0.0526. The van der Waals surface area contributed by atoms with E-state index >= 15 is 0 Å². The van der Waals surface area contributed by atoms with Crippen molar-refractivity contribution >= 4 is 53.9 Å². The number of hydrogen-bond donors (Lipinski definition) is 1. The van der Waals surface area contributed by atoms with Gasteiger partial charge in [0.15, 0.2) is 0 Å². The van der Waals surface area contributed by atoms with Gasteiger partial charge in [0.25, 0.3) is 10.0 Å². The van der Waals surface area contributed by atoms with Gasteiger partial charge in [0.2, 0.25) is 0 Å². The summed E-state index contributed by atoms with van der Waals surface area (Å²) in [5, 5.41) is 5.36. The molecule has 0 aliphatic rings. The fourth-order valence-corrected chi connectivity index (χ4v) is 5.23. The Hall–Kier alpha value is -2.98. The smallest absolute Gasteiger partial charge is 0.340 e. The molecular formula is C19H13BrFN3O4S. The Bertz CT molecular complexity index is 1390. The van der Waals surface area contributed by atoms with E-state index in [1.807, 2.05) is 0 Å². The Balaban J connectivity index is 1.91. The number of ether oxygens (including phenoxy) is 1. The molecule has 0 spiro atoms. The Morgan fingerprint density at radius 1 is 1.17 bits per heavy atom. The first-order valence-corrected chi connectivity index (χ1v) is 10.5. The van der Waals surface area contributed by atoms with Gasteiger partial charge >= 0.3 is 5.97 Å². The van der Waals surface area contributed by atoms with Crippen molar-refractivity contribution in [2.45, 2.75) is 4.90 Å². The predicted molar refractivity (Wildman–Crippen MR) is 109 cm³/mol. The zero-order valence-electron chi connectivity index (χ0n) is 14.9. The molecule has 148 valence electrons. The van der Waals surface area contributed by atoms with Crippen LogP contribution in [0.4, 0.5) is 10.1 Å². The van der Waals surface area contributed by atoms with Gasteiger partial charge in [0.1, 0.15) is 10.7 Å². The molecule has 0 bridgehead atoms. The van der Waals surface area contributed by atoms with Crippen LogP contribution in [-0.2, 0) is 14.8 Å². The van der Waals surface area contributed by atoms with Crippen LogP contribution in [-0.4, -0.2) is 31.1 Å². The fourth-order valence-electron chi connectivity index (χ4n) is 3.11. The Kier molecular flexibility index (Phi) is 4.75. The SMILES string of the molecule is COC(=O)c1c(NS(=O)(=O)c2ccc(F)cc2Br)ccc2c1ccn1nccc21. The lowest BCUT2D eigenvalue weighted by atomic mass is 10.0. The van der Waals surface area contributed by atoms with Crippen molar-refractivity contribution < 1.29 is 22.3 Å². The van der Waals surface area contributed by atoms with Crippen molar-refractivity contribution in [3.63, 3.8) is 0 Å². The molecule has 0 radical (unpaired) electrons. The van der Waals surface area contributed by atoms with E-state index in [0.29, 0.717) is 10.8 Å². The molecule has 0 aliphatic heterocycles. The van der Waals surface area contributed by atoms with E-state index in [2.05, 4.69) is 25.8 Å². The molecule has 4 aromatic rings. The molecule has 0 saturated heterocycles. The minimum absolute atomic E-state index is 0.0458. The van der Waals surface area contributed by atoms with Gasteiger partial charge in [-0.15, -0.1) is 0 Å². The number of esters is 1. The number of pyridine rings is 1. The van der Waals surface area contributed by atoms with E-state index < -0.39 is 21.8 Å². The number of nitrogens with zero attached hydrogens (tertiary/aromatic N) is 2. The monoisotopic (exact) mass is 477 g/mol. The molecule has 0 atom stereocenters. The lowest BCUT2D eigenvalue weighted by Crippen LogP contribution is -2.17. The molecule has 0 amide bonds. The number of hydrogen-bond acceptors (Lipinski definition) is 5. The molecule has 0 aliphatic carbocycles. The first-order valence-electron chi connectivity index (χ1n) is 8.27. The van der Waals surface area contributed by atoms with Crippen LogP contribution < -0.4 is 4.72 Å². The van der Waals surface area contributed by atoms with Gasteiger partial charge in [0.05, 0.1) is 23.9 Å². The second kappa shape index (κ2) is 7.12. The average molecular weight is 478 g/mol. The third-order valence-electron chi connectivity index (χ3n) is 4.39. The highest BCUT2D eigenvalue weighted by Crippen LogP contribution is 2.32. The molecule has 4 rings (SSSR count). The number of methoxy groups -OCH3 is 1. The number of benzene rings is 2. The number of fused-ring (bicyclic) bond motifs is 3. The number of sulfonamides is 1. The van der Waals surface area contributed by atoms with Gasteiger partial charge in [-0.3, -0.25) is 4.72 Å². The zero-order chi connectivity index (χ0) is 20.8. The summed E-state index contributed by atoms with van der Waals surface area (Å²) in [5.41, 5.74) is 0.864. The predicted octanol–water partition coefficient (Wildman–Crippen LogP) is 3.98. The van der Waals surface area contributed by atoms with Crippen molar-refractivity contribution in [3.05, 3.63) is 70.7 Å². The maximum atomic E-state index is 13.3. The lowest BCUT2D eigenvalue weighted by Gasteiger charge is -2.15. The highest BCUT2D eigenvalue weighted by Gasteiger charge is 2.24. The number of nitrogens with one attached hydrogen (secondary N) is 1. The number of aromatic nitrogens is 2. The number of rotatable bonds is 4. The van der Waals surface area contributed by atoms with E-state index in [0.717, 1.165) is 23.7 Å². The summed E-state index contributed by atoms with van der Waals surface area (Å²) < 4.78 is 48.1. The summed E-state index contributed by atoms with van der Waals surface area (Å²) >= 11 is 3.06. The minimum atomic E-state index is -4.11. The molecule has 2 aromatic heterocycles. The van der Waals surface area contributed by atoms with Gasteiger partial charge in [-0.05, 0) is 52.3 Å². The van der Waals surface area contributed by atoms with Crippen molar-refractivity contribution in [2.75, 3.05) is 11.8 Å². The molecule has 0 fully saturated rings. The van der Waals surface area contributed by atoms with Crippen molar-refractivity contribution in [2.24, 2.45) is 0 Å². The topological polar surface area (TPSA) is 89.8 Å². The van der Waals surface area contributed by atoms with Crippen molar-refractivity contribution in [3.8, 4) is 0 Å². The van der Waals surface area contributed by atoms with E-state index in [4.69, 9.17) is 4.74 Å². The van der Waals surface area contributed by atoms with E-state index in [9.17, 15) is 17.6 Å². The van der Waals surface area contributed by atoms with Gasteiger partial charge in [-0.1, -0.05) is 6.07 Å².